The van der Waals surface area contributed by atoms with E-state index in [9.17, 15) is 32.7 Å². The average molecular weight is 770 g/mol. The van der Waals surface area contributed by atoms with Crippen LogP contribution in [0.1, 0.15) is 73.6 Å². The Morgan fingerprint density at radius 2 is 1.81 bits per heavy atom. The molecule has 1 aromatic heterocycles. The van der Waals surface area contributed by atoms with Crippen LogP contribution in [0.15, 0.2) is 42.6 Å². The summed E-state index contributed by atoms with van der Waals surface area (Å²) in [5, 5.41) is 14.8. The van der Waals surface area contributed by atoms with Crippen LogP contribution in [0.5, 0.6) is 11.6 Å². The molecule has 1 aromatic carbocycles. The van der Waals surface area contributed by atoms with Gasteiger partial charge in [-0.3, -0.25) is 24.0 Å². The highest BCUT2D eigenvalue weighted by molar-refractivity contribution is 7.91. The fourth-order valence-corrected chi connectivity index (χ4v) is 9.07. The number of carbonyl (C=O) groups excluding carboxylic acids is 3. The van der Waals surface area contributed by atoms with Gasteiger partial charge in [0.2, 0.25) is 27.7 Å². The molecule has 54 heavy (non-hydrogen) atoms. The molecule has 2 saturated carbocycles. The van der Waals surface area contributed by atoms with Crippen molar-refractivity contribution in [3.8, 4) is 11.6 Å². The highest BCUT2D eigenvalue weighted by Gasteiger charge is 2.63. The predicted octanol–water partition coefficient (Wildman–Crippen LogP) is 3.61. The summed E-state index contributed by atoms with van der Waals surface area (Å²) in [4.78, 5) is 63.3. The van der Waals surface area contributed by atoms with E-state index in [4.69, 9.17) is 14.2 Å². The van der Waals surface area contributed by atoms with Gasteiger partial charge in [0, 0.05) is 28.7 Å². The Morgan fingerprint density at radius 1 is 1.13 bits per heavy atom. The lowest BCUT2D eigenvalue weighted by atomic mass is 9.89. The normalized spacial score (nSPS) is 30.5. The number of hydrogen-bond acceptors (Lipinski definition) is 10. The van der Waals surface area contributed by atoms with Crippen LogP contribution in [0.25, 0.3) is 10.8 Å². The molecule has 1 saturated heterocycles. The first-order valence-corrected chi connectivity index (χ1v) is 19.9. The Morgan fingerprint density at radius 3 is 2.44 bits per heavy atom. The van der Waals surface area contributed by atoms with Gasteiger partial charge in [-0.1, -0.05) is 37.3 Å². The lowest BCUT2D eigenvalue weighted by Crippen LogP contribution is -2.62. The number of ether oxygens (including phenoxy) is 3. The van der Waals surface area contributed by atoms with Crippen molar-refractivity contribution in [2.24, 2.45) is 11.8 Å². The molecule has 2 aliphatic heterocycles. The molecule has 0 bridgehead atoms. The van der Waals surface area contributed by atoms with Gasteiger partial charge in [-0.05, 0) is 72.3 Å². The van der Waals surface area contributed by atoms with Crippen LogP contribution in [0, 0.1) is 11.8 Å². The standard InChI is InChI=1S/C38H51N5O10S/c1-22-17-23(2)52-16-10-11-24-19-38(24,34(46)41-54(49,50)37(6)14-15-37)40-31(44)28-18-25(21-42(28)33(45)30(22)43(35(47)48)36(3,4)5)53-32-27-13-9-8-12-26(27)29(51-7)20-39-32/h8-13,20,22-25,28,30H,14-19,21H2,1-7H3,(H,40,44)(H,41,46)(H,47,48)/b11-10-/t22-,23+,24-,25-,28+,30+,38-/m1/s1. The van der Waals surface area contributed by atoms with E-state index in [0.717, 1.165) is 10.3 Å². The van der Waals surface area contributed by atoms with Crippen LogP contribution in [0.2, 0.25) is 0 Å². The summed E-state index contributed by atoms with van der Waals surface area (Å²) in [5.41, 5.74) is -2.62. The maximum Gasteiger partial charge on any atom is 0.408 e. The fraction of sp³-hybridized carbons (Fsp3) is 0.605. The number of pyridine rings is 1. The second-order valence-electron chi connectivity index (χ2n) is 16.4. The third kappa shape index (κ3) is 7.46. The van der Waals surface area contributed by atoms with Gasteiger partial charge in [0.25, 0.3) is 5.91 Å². The minimum atomic E-state index is -4.04. The molecule has 0 radical (unpaired) electrons. The van der Waals surface area contributed by atoms with Gasteiger partial charge in [-0.15, -0.1) is 0 Å². The highest BCUT2D eigenvalue weighted by atomic mass is 32.2. The number of amides is 4. The number of methoxy groups -OCH3 is 1. The third-order valence-electron chi connectivity index (χ3n) is 11.2. The van der Waals surface area contributed by atoms with E-state index in [0.29, 0.717) is 30.4 Å². The first-order chi connectivity index (χ1) is 25.3. The molecule has 4 amide bonds. The SMILES string of the molecule is COc1cnc(O[C@@H]2C[C@H]3C(=O)N[C@]4(C(=O)NS(=O)(=O)C5(C)CC5)C[C@H]4/C=C\CO[C@@H](C)C[C@@H](C)[C@H](N(C(=O)O)C(C)(C)C)C(=O)N3C2)c2ccccc12. The summed E-state index contributed by atoms with van der Waals surface area (Å²) in [7, 11) is -2.50. The second kappa shape index (κ2) is 14.3. The number of aromatic nitrogens is 1. The number of hydrogen-bond donors (Lipinski definition) is 3. The Bertz CT molecular complexity index is 1960. The topological polar surface area (TPSA) is 194 Å². The van der Waals surface area contributed by atoms with Gasteiger partial charge in [0.15, 0.2) is 0 Å². The molecule has 7 atom stereocenters. The molecule has 2 aliphatic carbocycles. The molecule has 3 heterocycles. The Labute approximate surface area is 315 Å². The smallest absolute Gasteiger partial charge is 0.408 e. The molecule has 15 nitrogen and oxygen atoms in total. The van der Waals surface area contributed by atoms with Crippen LogP contribution in [-0.4, -0.2) is 113 Å². The number of benzene rings is 1. The molecule has 3 N–H and O–H groups in total. The van der Waals surface area contributed by atoms with E-state index in [1.807, 2.05) is 31.2 Å². The Balaban J connectivity index is 1.40. The van der Waals surface area contributed by atoms with E-state index in [1.54, 1.807) is 46.8 Å². The van der Waals surface area contributed by atoms with E-state index < -0.39 is 85.8 Å². The van der Waals surface area contributed by atoms with Crippen molar-refractivity contribution in [1.29, 1.82) is 0 Å². The molecular formula is C38H51N5O10S. The van der Waals surface area contributed by atoms with E-state index in [-0.39, 0.29) is 31.9 Å². The summed E-state index contributed by atoms with van der Waals surface area (Å²) < 4.78 is 45.5. The van der Waals surface area contributed by atoms with Crippen molar-refractivity contribution in [2.75, 3.05) is 20.3 Å². The molecule has 3 fully saturated rings. The second-order valence-corrected chi connectivity index (χ2v) is 18.6. The predicted molar refractivity (Wildman–Crippen MR) is 198 cm³/mol. The van der Waals surface area contributed by atoms with Crippen molar-refractivity contribution in [2.45, 2.75) is 114 Å². The number of carboxylic acid groups (broad SMARTS) is 1. The Hall–Kier alpha value is -4.44. The zero-order chi connectivity index (χ0) is 39.4. The first-order valence-electron chi connectivity index (χ1n) is 18.4. The molecular weight excluding hydrogens is 719 g/mol. The number of carbonyl (C=O) groups is 4. The summed E-state index contributed by atoms with van der Waals surface area (Å²) in [5.74, 6) is -2.45. The van der Waals surface area contributed by atoms with Gasteiger partial charge in [-0.2, -0.15) is 0 Å². The van der Waals surface area contributed by atoms with Gasteiger partial charge >= 0.3 is 6.09 Å². The van der Waals surface area contributed by atoms with Crippen LogP contribution < -0.4 is 19.5 Å². The molecule has 6 rings (SSSR count). The number of fused-ring (bicyclic) bond motifs is 3. The first kappa shape index (κ1) is 39.3. The molecule has 0 spiro atoms. The highest BCUT2D eigenvalue weighted by Crippen LogP contribution is 2.47. The average Bonchev–Trinajstić information content (AvgIpc) is 3.98. The Kier molecular flexibility index (Phi) is 10.4. The van der Waals surface area contributed by atoms with Gasteiger partial charge < -0.3 is 29.5 Å². The summed E-state index contributed by atoms with van der Waals surface area (Å²) in [6, 6.07) is 4.92. The van der Waals surface area contributed by atoms with Crippen molar-refractivity contribution < 1.29 is 46.9 Å². The maximum absolute atomic E-state index is 15.0. The van der Waals surface area contributed by atoms with Crippen LogP contribution >= 0.6 is 0 Å². The van der Waals surface area contributed by atoms with Gasteiger partial charge in [0.1, 0.15) is 29.5 Å². The fourth-order valence-electron chi connectivity index (χ4n) is 7.76. The van der Waals surface area contributed by atoms with Crippen LogP contribution in [0.4, 0.5) is 4.79 Å². The lowest BCUT2D eigenvalue weighted by Gasteiger charge is -2.43. The van der Waals surface area contributed by atoms with E-state index in [1.165, 1.54) is 18.2 Å². The molecule has 0 unspecified atom stereocenters. The summed E-state index contributed by atoms with van der Waals surface area (Å²) in [6.45, 7) is 10.4. The van der Waals surface area contributed by atoms with Gasteiger partial charge in [-0.25, -0.2) is 18.2 Å². The summed E-state index contributed by atoms with van der Waals surface area (Å²) in [6.07, 6.45) is 3.78. The van der Waals surface area contributed by atoms with E-state index >= 15 is 0 Å². The van der Waals surface area contributed by atoms with Crippen molar-refractivity contribution >= 4 is 44.6 Å². The van der Waals surface area contributed by atoms with Crippen molar-refractivity contribution in [1.82, 2.24) is 24.8 Å². The van der Waals surface area contributed by atoms with Crippen molar-refractivity contribution in [3.05, 3.63) is 42.6 Å². The maximum atomic E-state index is 15.0. The summed E-state index contributed by atoms with van der Waals surface area (Å²) >= 11 is 0. The minimum Gasteiger partial charge on any atom is -0.494 e. The van der Waals surface area contributed by atoms with E-state index in [2.05, 4.69) is 15.0 Å². The molecule has 2 aromatic rings. The van der Waals surface area contributed by atoms with Crippen LogP contribution in [0.3, 0.4) is 0 Å². The quantitative estimate of drug-likeness (QED) is 0.349. The molecule has 4 aliphatic rings. The van der Waals surface area contributed by atoms with Gasteiger partial charge in [0.05, 0.1) is 37.3 Å². The minimum absolute atomic E-state index is 0.0165. The zero-order valence-electron chi connectivity index (χ0n) is 31.8. The van der Waals surface area contributed by atoms with Crippen molar-refractivity contribution in [3.63, 3.8) is 0 Å². The number of nitrogens with zero attached hydrogens (tertiary/aromatic N) is 3. The number of sulfonamides is 1. The number of rotatable bonds is 7. The monoisotopic (exact) mass is 769 g/mol. The largest absolute Gasteiger partial charge is 0.494 e. The lowest BCUT2D eigenvalue weighted by molar-refractivity contribution is -0.146. The zero-order valence-corrected chi connectivity index (χ0v) is 32.6. The molecule has 16 heteroatoms. The third-order valence-corrected chi connectivity index (χ3v) is 13.4. The molecule has 294 valence electrons. The number of nitrogens with one attached hydrogen (secondary N) is 2. The van der Waals surface area contributed by atoms with Crippen LogP contribution in [-0.2, 0) is 29.1 Å².